The Bertz CT molecular complexity index is 471. The van der Waals surface area contributed by atoms with Gasteiger partial charge in [0.1, 0.15) is 11.6 Å². The Hall–Kier alpha value is -1.49. The lowest BCUT2D eigenvalue weighted by Crippen LogP contribution is -2.42. The molecule has 3 nitrogen and oxygen atoms in total. The van der Waals surface area contributed by atoms with E-state index in [1.165, 1.54) is 6.07 Å². The normalized spacial score (nSPS) is 22.6. The quantitative estimate of drug-likeness (QED) is 0.887. The van der Waals surface area contributed by atoms with Crippen molar-refractivity contribution in [2.75, 3.05) is 13.1 Å². The molecular formula is C15H20F2N2O. The van der Waals surface area contributed by atoms with Crippen LogP contribution in [0.1, 0.15) is 25.3 Å². The van der Waals surface area contributed by atoms with Crippen LogP contribution in [0.3, 0.4) is 0 Å². The molecular weight excluding hydrogens is 262 g/mol. The topological polar surface area (TPSA) is 41.1 Å². The summed E-state index contributed by atoms with van der Waals surface area (Å²) in [4.78, 5) is 11.8. The summed E-state index contributed by atoms with van der Waals surface area (Å²) >= 11 is 0. The highest BCUT2D eigenvalue weighted by Gasteiger charge is 2.18. The SMILES string of the molecule is CC1CCC(CNC(=O)Cc2ccc(F)cc2F)CN1. The van der Waals surface area contributed by atoms with Gasteiger partial charge in [0.2, 0.25) is 5.91 Å². The number of amides is 1. The van der Waals surface area contributed by atoms with Crippen LogP contribution in [0.2, 0.25) is 0 Å². The zero-order chi connectivity index (χ0) is 14.5. The summed E-state index contributed by atoms with van der Waals surface area (Å²) in [6.45, 7) is 3.64. The van der Waals surface area contributed by atoms with Gasteiger partial charge in [0.05, 0.1) is 6.42 Å². The molecule has 2 unspecified atom stereocenters. The predicted molar refractivity (Wildman–Crippen MR) is 73.3 cm³/mol. The lowest BCUT2D eigenvalue weighted by Gasteiger charge is -2.27. The van der Waals surface area contributed by atoms with Gasteiger partial charge in [-0.15, -0.1) is 0 Å². The second-order valence-electron chi connectivity index (χ2n) is 5.47. The first-order valence-corrected chi connectivity index (χ1v) is 6.98. The third-order valence-corrected chi connectivity index (χ3v) is 3.72. The molecule has 1 aliphatic rings. The number of carbonyl (C=O) groups is 1. The van der Waals surface area contributed by atoms with Crippen LogP contribution in [-0.4, -0.2) is 25.0 Å². The molecule has 20 heavy (non-hydrogen) atoms. The van der Waals surface area contributed by atoms with Crippen molar-refractivity contribution in [3.8, 4) is 0 Å². The van der Waals surface area contributed by atoms with Gasteiger partial charge in [-0.25, -0.2) is 8.78 Å². The number of carbonyl (C=O) groups excluding carboxylic acids is 1. The van der Waals surface area contributed by atoms with Crippen LogP contribution < -0.4 is 10.6 Å². The van der Waals surface area contributed by atoms with Gasteiger partial charge in [-0.05, 0) is 43.9 Å². The maximum absolute atomic E-state index is 13.4. The van der Waals surface area contributed by atoms with E-state index in [2.05, 4.69) is 17.6 Å². The van der Waals surface area contributed by atoms with Crippen LogP contribution in [-0.2, 0) is 11.2 Å². The van der Waals surface area contributed by atoms with Gasteiger partial charge in [0.15, 0.2) is 0 Å². The van der Waals surface area contributed by atoms with Gasteiger partial charge >= 0.3 is 0 Å². The van der Waals surface area contributed by atoms with E-state index in [0.29, 0.717) is 18.5 Å². The molecule has 1 heterocycles. The van der Waals surface area contributed by atoms with Crippen molar-refractivity contribution in [2.24, 2.45) is 5.92 Å². The largest absolute Gasteiger partial charge is 0.355 e. The molecule has 0 radical (unpaired) electrons. The highest BCUT2D eigenvalue weighted by atomic mass is 19.1. The molecule has 0 saturated carbocycles. The summed E-state index contributed by atoms with van der Waals surface area (Å²) in [5, 5.41) is 6.19. The number of piperidine rings is 1. The van der Waals surface area contributed by atoms with Crippen LogP contribution in [0.15, 0.2) is 18.2 Å². The molecule has 2 rings (SSSR count). The van der Waals surface area contributed by atoms with Crippen molar-refractivity contribution >= 4 is 5.91 Å². The van der Waals surface area contributed by atoms with Crippen LogP contribution in [0.25, 0.3) is 0 Å². The molecule has 1 aromatic rings. The standard InChI is InChI=1S/C15H20F2N2O/c1-10-2-3-11(8-18-10)9-19-15(20)6-12-4-5-13(16)7-14(12)17/h4-5,7,10-11,18H,2-3,6,8-9H2,1H3,(H,19,20). The molecule has 1 fully saturated rings. The second-order valence-corrected chi connectivity index (χ2v) is 5.47. The average Bonchev–Trinajstić information content (AvgIpc) is 2.41. The fourth-order valence-electron chi connectivity index (χ4n) is 2.39. The lowest BCUT2D eigenvalue weighted by molar-refractivity contribution is -0.120. The Balaban J connectivity index is 1.78. The van der Waals surface area contributed by atoms with E-state index in [1.807, 2.05) is 0 Å². The minimum atomic E-state index is -0.673. The highest BCUT2D eigenvalue weighted by molar-refractivity contribution is 5.78. The van der Waals surface area contributed by atoms with Crippen molar-refractivity contribution in [1.29, 1.82) is 0 Å². The molecule has 0 aliphatic carbocycles. The number of nitrogens with one attached hydrogen (secondary N) is 2. The lowest BCUT2D eigenvalue weighted by atomic mass is 9.95. The zero-order valence-electron chi connectivity index (χ0n) is 11.6. The Morgan fingerprint density at radius 1 is 1.40 bits per heavy atom. The third-order valence-electron chi connectivity index (χ3n) is 3.72. The number of rotatable bonds is 4. The van der Waals surface area contributed by atoms with E-state index in [1.54, 1.807) is 0 Å². The summed E-state index contributed by atoms with van der Waals surface area (Å²) in [7, 11) is 0. The van der Waals surface area contributed by atoms with Crippen molar-refractivity contribution in [2.45, 2.75) is 32.2 Å². The Labute approximate surface area is 117 Å². The molecule has 1 aliphatic heterocycles. The smallest absolute Gasteiger partial charge is 0.224 e. The number of halogens is 2. The van der Waals surface area contributed by atoms with E-state index in [4.69, 9.17) is 0 Å². The van der Waals surface area contributed by atoms with Gasteiger partial charge in [-0.2, -0.15) is 0 Å². The first-order valence-electron chi connectivity index (χ1n) is 6.98. The molecule has 0 spiro atoms. The molecule has 5 heteroatoms. The molecule has 2 N–H and O–H groups in total. The summed E-state index contributed by atoms with van der Waals surface area (Å²) in [5.74, 6) is -1.11. The number of hydrogen-bond acceptors (Lipinski definition) is 2. The van der Waals surface area contributed by atoms with Crippen molar-refractivity contribution in [3.63, 3.8) is 0 Å². The Morgan fingerprint density at radius 2 is 2.20 bits per heavy atom. The minimum absolute atomic E-state index is 0.0529. The summed E-state index contributed by atoms with van der Waals surface area (Å²) in [6, 6.07) is 3.82. The molecule has 0 aromatic heterocycles. The zero-order valence-corrected chi connectivity index (χ0v) is 11.6. The van der Waals surface area contributed by atoms with Crippen molar-refractivity contribution in [1.82, 2.24) is 10.6 Å². The van der Waals surface area contributed by atoms with Gasteiger partial charge in [-0.1, -0.05) is 6.07 Å². The molecule has 2 atom stereocenters. The van der Waals surface area contributed by atoms with E-state index in [9.17, 15) is 13.6 Å². The first-order chi connectivity index (χ1) is 9.54. The second kappa shape index (κ2) is 6.79. The fraction of sp³-hybridized carbons (Fsp3) is 0.533. The number of benzene rings is 1. The minimum Gasteiger partial charge on any atom is -0.355 e. The van der Waals surface area contributed by atoms with Crippen molar-refractivity contribution < 1.29 is 13.6 Å². The molecule has 1 amide bonds. The fourth-order valence-corrected chi connectivity index (χ4v) is 2.39. The maximum atomic E-state index is 13.4. The third kappa shape index (κ3) is 4.27. The van der Waals surface area contributed by atoms with Gasteiger partial charge in [-0.3, -0.25) is 4.79 Å². The van der Waals surface area contributed by atoms with E-state index in [0.717, 1.165) is 31.5 Å². The van der Waals surface area contributed by atoms with Crippen LogP contribution in [0.5, 0.6) is 0 Å². The van der Waals surface area contributed by atoms with E-state index < -0.39 is 11.6 Å². The van der Waals surface area contributed by atoms with Gasteiger partial charge in [0, 0.05) is 18.7 Å². The van der Waals surface area contributed by atoms with E-state index >= 15 is 0 Å². The van der Waals surface area contributed by atoms with Crippen LogP contribution in [0.4, 0.5) is 8.78 Å². The number of hydrogen-bond donors (Lipinski definition) is 2. The summed E-state index contributed by atoms with van der Waals surface area (Å²) < 4.78 is 26.2. The predicted octanol–water partition coefficient (Wildman–Crippen LogP) is 2.01. The summed E-state index contributed by atoms with van der Waals surface area (Å²) in [5.41, 5.74) is 0.222. The van der Waals surface area contributed by atoms with Gasteiger partial charge in [0.25, 0.3) is 0 Å². The van der Waals surface area contributed by atoms with E-state index in [-0.39, 0.29) is 17.9 Å². The first kappa shape index (κ1) is 14.9. The average molecular weight is 282 g/mol. The molecule has 1 aromatic carbocycles. The molecule has 0 bridgehead atoms. The highest BCUT2D eigenvalue weighted by Crippen LogP contribution is 2.13. The Morgan fingerprint density at radius 3 is 2.85 bits per heavy atom. The van der Waals surface area contributed by atoms with Crippen molar-refractivity contribution in [3.05, 3.63) is 35.4 Å². The maximum Gasteiger partial charge on any atom is 0.224 e. The monoisotopic (exact) mass is 282 g/mol. The van der Waals surface area contributed by atoms with Gasteiger partial charge < -0.3 is 10.6 Å². The molecule has 1 saturated heterocycles. The Kier molecular flexibility index (Phi) is 5.06. The van der Waals surface area contributed by atoms with Crippen LogP contribution in [0, 0.1) is 17.6 Å². The van der Waals surface area contributed by atoms with Crippen LogP contribution >= 0.6 is 0 Å². The molecule has 110 valence electrons. The summed E-state index contributed by atoms with van der Waals surface area (Å²) in [6.07, 6.45) is 2.13.